The SMILES string of the molecule is CC(C)CCN1CC(=O)N(C)c2cnc(Nc3cc(F)c(O)c(F)c3)nc21. The molecule has 1 aromatic heterocycles. The molecule has 2 heterocycles. The number of anilines is 4. The first-order valence-electron chi connectivity index (χ1n) is 8.60. The minimum atomic E-state index is -1.08. The summed E-state index contributed by atoms with van der Waals surface area (Å²) in [4.78, 5) is 24.1. The van der Waals surface area contributed by atoms with Gasteiger partial charge in [-0.3, -0.25) is 4.79 Å². The second-order valence-corrected chi connectivity index (χ2v) is 6.87. The number of aromatic hydroxyl groups is 1. The summed E-state index contributed by atoms with van der Waals surface area (Å²) in [5, 5.41) is 11.9. The maximum Gasteiger partial charge on any atom is 0.246 e. The van der Waals surface area contributed by atoms with Crippen LogP contribution in [0.1, 0.15) is 20.3 Å². The van der Waals surface area contributed by atoms with Crippen LogP contribution in [0.25, 0.3) is 0 Å². The molecule has 2 N–H and O–H groups in total. The zero-order valence-electron chi connectivity index (χ0n) is 15.3. The lowest BCUT2D eigenvalue weighted by Gasteiger charge is -2.34. The molecule has 2 aromatic rings. The van der Waals surface area contributed by atoms with Crippen LogP contribution < -0.4 is 15.1 Å². The number of amides is 1. The van der Waals surface area contributed by atoms with E-state index >= 15 is 0 Å². The molecule has 0 atom stereocenters. The van der Waals surface area contributed by atoms with Gasteiger partial charge in [0.1, 0.15) is 5.69 Å². The fraction of sp³-hybridized carbons (Fsp3) is 0.389. The first-order valence-corrected chi connectivity index (χ1v) is 8.60. The van der Waals surface area contributed by atoms with Crippen molar-refractivity contribution in [2.75, 3.05) is 35.3 Å². The predicted molar refractivity (Wildman–Crippen MR) is 98.4 cm³/mol. The van der Waals surface area contributed by atoms with Crippen LogP contribution in [-0.2, 0) is 4.79 Å². The van der Waals surface area contributed by atoms with Crippen molar-refractivity contribution in [1.29, 1.82) is 0 Å². The Morgan fingerprint density at radius 1 is 1.30 bits per heavy atom. The molecule has 0 fully saturated rings. The minimum absolute atomic E-state index is 0.0572. The van der Waals surface area contributed by atoms with E-state index in [2.05, 4.69) is 29.1 Å². The lowest BCUT2D eigenvalue weighted by Crippen LogP contribution is -2.45. The molecule has 144 valence electrons. The summed E-state index contributed by atoms with van der Waals surface area (Å²) < 4.78 is 27.1. The van der Waals surface area contributed by atoms with Crippen LogP contribution in [0.5, 0.6) is 5.75 Å². The van der Waals surface area contributed by atoms with Gasteiger partial charge in [-0.1, -0.05) is 13.8 Å². The van der Waals surface area contributed by atoms with E-state index in [1.807, 2.05) is 4.90 Å². The first-order chi connectivity index (χ1) is 12.8. The monoisotopic (exact) mass is 377 g/mol. The van der Waals surface area contributed by atoms with E-state index in [0.29, 0.717) is 24.0 Å². The van der Waals surface area contributed by atoms with E-state index in [9.17, 15) is 18.7 Å². The molecule has 0 radical (unpaired) electrons. The Morgan fingerprint density at radius 3 is 2.59 bits per heavy atom. The van der Waals surface area contributed by atoms with Crippen LogP contribution in [0.4, 0.5) is 31.9 Å². The fourth-order valence-corrected chi connectivity index (χ4v) is 2.74. The van der Waals surface area contributed by atoms with Crippen molar-refractivity contribution in [3.63, 3.8) is 0 Å². The molecule has 27 heavy (non-hydrogen) atoms. The summed E-state index contributed by atoms with van der Waals surface area (Å²) in [5.74, 6) is -2.08. The van der Waals surface area contributed by atoms with E-state index in [1.54, 1.807) is 7.05 Å². The predicted octanol–water partition coefficient (Wildman–Crippen LogP) is 3.03. The molecule has 1 amide bonds. The number of phenolic OH excluding ortho intramolecular Hbond substituents is 1. The number of benzene rings is 1. The van der Waals surface area contributed by atoms with Gasteiger partial charge in [0.2, 0.25) is 11.9 Å². The Balaban J connectivity index is 1.91. The number of hydrogen-bond acceptors (Lipinski definition) is 6. The van der Waals surface area contributed by atoms with Gasteiger partial charge in [0, 0.05) is 31.4 Å². The lowest BCUT2D eigenvalue weighted by molar-refractivity contribution is -0.117. The average Bonchev–Trinajstić information content (AvgIpc) is 2.61. The smallest absolute Gasteiger partial charge is 0.246 e. The molecule has 1 aliphatic rings. The van der Waals surface area contributed by atoms with E-state index in [0.717, 1.165) is 18.6 Å². The summed E-state index contributed by atoms with van der Waals surface area (Å²) in [6.45, 7) is 5.05. The number of carbonyl (C=O) groups is 1. The molecule has 0 unspecified atom stereocenters. The molecule has 1 aliphatic heterocycles. The van der Waals surface area contributed by atoms with E-state index < -0.39 is 17.4 Å². The Kier molecular flexibility index (Phi) is 5.11. The van der Waals surface area contributed by atoms with Gasteiger partial charge in [-0.05, 0) is 12.3 Å². The Hall–Kier alpha value is -2.97. The van der Waals surface area contributed by atoms with Crippen molar-refractivity contribution < 1.29 is 18.7 Å². The van der Waals surface area contributed by atoms with Gasteiger partial charge in [-0.2, -0.15) is 4.98 Å². The van der Waals surface area contributed by atoms with Crippen molar-refractivity contribution in [3.8, 4) is 5.75 Å². The third kappa shape index (κ3) is 3.91. The number of phenols is 1. The van der Waals surface area contributed by atoms with Gasteiger partial charge in [0.25, 0.3) is 0 Å². The average molecular weight is 377 g/mol. The quantitative estimate of drug-likeness (QED) is 0.780. The van der Waals surface area contributed by atoms with E-state index in [4.69, 9.17) is 0 Å². The molecule has 3 rings (SSSR count). The largest absolute Gasteiger partial charge is 0.503 e. The number of hydrogen-bond donors (Lipinski definition) is 2. The molecular weight excluding hydrogens is 356 g/mol. The number of carbonyl (C=O) groups excluding carboxylic acids is 1. The van der Waals surface area contributed by atoms with Gasteiger partial charge in [0.15, 0.2) is 23.2 Å². The molecule has 7 nitrogen and oxygen atoms in total. The topological polar surface area (TPSA) is 81.6 Å². The standard InChI is InChI=1S/C18H21F2N5O2/c1-10(2)4-5-25-9-15(26)24(3)14-8-21-18(23-17(14)25)22-11-6-12(19)16(27)13(20)7-11/h6-8,10,27H,4-5,9H2,1-3H3,(H,21,22,23). The van der Waals surface area contributed by atoms with Crippen LogP contribution in [0.2, 0.25) is 0 Å². The number of aromatic nitrogens is 2. The van der Waals surface area contributed by atoms with Crippen molar-refractivity contribution in [3.05, 3.63) is 30.0 Å². The molecule has 9 heteroatoms. The van der Waals surface area contributed by atoms with Gasteiger partial charge in [-0.15, -0.1) is 0 Å². The van der Waals surface area contributed by atoms with Gasteiger partial charge >= 0.3 is 0 Å². The van der Waals surface area contributed by atoms with Crippen molar-refractivity contribution in [2.24, 2.45) is 5.92 Å². The summed E-state index contributed by atoms with van der Waals surface area (Å²) >= 11 is 0. The minimum Gasteiger partial charge on any atom is -0.503 e. The third-order valence-electron chi connectivity index (χ3n) is 4.36. The number of fused-ring (bicyclic) bond motifs is 1. The zero-order chi connectivity index (χ0) is 19.7. The molecular formula is C18H21F2N5O2. The normalized spacial score (nSPS) is 13.9. The van der Waals surface area contributed by atoms with Crippen LogP contribution in [-0.4, -0.2) is 41.1 Å². The highest BCUT2D eigenvalue weighted by Crippen LogP contribution is 2.32. The van der Waals surface area contributed by atoms with Crippen LogP contribution in [0, 0.1) is 17.6 Å². The molecule has 0 spiro atoms. The summed E-state index contributed by atoms with van der Waals surface area (Å²) in [7, 11) is 1.65. The van der Waals surface area contributed by atoms with Crippen LogP contribution in [0.15, 0.2) is 18.3 Å². The highest BCUT2D eigenvalue weighted by atomic mass is 19.1. The van der Waals surface area contributed by atoms with Gasteiger partial charge in [0.05, 0.1) is 12.7 Å². The van der Waals surface area contributed by atoms with Gasteiger partial charge in [-0.25, -0.2) is 13.8 Å². The highest BCUT2D eigenvalue weighted by Gasteiger charge is 2.28. The molecule has 1 aromatic carbocycles. The van der Waals surface area contributed by atoms with Crippen LogP contribution >= 0.6 is 0 Å². The number of likely N-dealkylation sites (N-methyl/N-ethyl adjacent to an activating group) is 1. The maximum absolute atomic E-state index is 13.5. The third-order valence-corrected chi connectivity index (χ3v) is 4.36. The Labute approximate surface area is 155 Å². The molecule has 0 saturated carbocycles. The first kappa shape index (κ1) is 18.8. The molecule has 0 bridgehead atoms. The number of rotatable bonds is 5. The zero-order valence-corrected chi connectivity index (χ0v) is 15.3. The maximum atomic E-state index is 13.5. The van der Waals surface area contributed by atoms with Gasteiger partial charge < -0.3 is 20.2 Å². The Bertz CT molecular complexity index is 852. The summed E-state index contributed by atoms with van der Waals surface area (Å²) in [5.41, 5.74) is 0.639. The van der Waals surface area contributed by atoms with Crippen molar-refractivity contribution in [2.45, 2.75) is 20.3 Å². The molecule has 0 aliphatic carbocycles. The Morgan fingerprint density at radius 2 is 1.96 bits per heavy atom. The van der Waals surface area contributed by atoms with Crippen molar-refractivity contribution in [1.82, 2.24) is 9.97 Å². The molecule has 0 saturated heterocycles. The lowest BCUT2D eigenvalue weighted by atomic mass is 10.1. The number of halogens is 2. The summed E-state index contributed by atoms with van der Waals surface area (Å²) in [6, 6.07) is 1.90. The van der Waals surface area contributed by atoms with Crippen molar-refractivity contribution >= 4 is 29.0 Å². The van der Waals surface area contributed by atoms with E-state index in [1.165, 1.54) is 11.1 Å². The second-order valence-electron chi connectivity index (χ2n) is 6.87. The number of nitrogens with one attached hydrogen (secondary N) is 1. The second kappa shape index (κ2) is 7.34. The highest BCUT2D eigenvalue weighted by molar-refractivity contribution is 6.01. The number of nitrogens with zero attached hydrogens (tertiary/aromatic N) is 4. The van der Waals surface area contributed by atoms with Crippen LogP contribution in [0.3, 0.4) is 0 Å². The van der Waals surface area contributed by atoms with E-state index in [-0.39, 0.29) is 24.1 Å². The summed E-state index contributed by atoms with van der Waals surface area (Å²) in [6.07, 6.45) is 2.38. The fourth-order valence-electron chi connectivity index (χ4n) is 2.74.